The van der Waals surface area contributed by atoms with E-state index in [2.05, 4.69) is 15.8 Å². The number of fused-ring (bicyclic) bond motifs is 1. The highest BCUT2D eigenvalue weighted by Crippen LogP contribution is 2.33. The summed E-state index contributed by atoms with van der Waals surface area (Å²) in [6, 6.07) is 6.55. The van der Waals surface area contributed by atoms with Gasteiger partial charge in [0.05, 0.1) is 22.9 Å². The third-order valence-electron chi connectivity index (χ3n) is 3.87. The number of aromatic nitrogens is 1. The number of rotatable bonds is 3. The maximum absolute atomic E-state index is 12.4. The second-order valence-corrected chi connectivity index (χ2v) is 5.43. The summed E-state index contributed by atoms with van der Waals surface area (Å²) in [5, 5.41) is 19.8. The van der Waals surface area contributed by atoms with E-state index in [9.17, 15) is 19.1 Å². The number of β-amino-alcohol motifs (C(OH)–C–C–N with tert-alkyl or cyclic N) is 1. The first-order valence-electron chi connectivity index (χ1n) is 7.29. The first kappa shape index (κ1) is 15.4. The summed E-state index contributed by atoms with van der Waals surface area (Å²) in [7, 11) is 0. The summed E-state index contributed by atoms with van der Waals surface area (Å²) in [6.45, 7) is -1.83. The smallest absolute Gasteiger partial charge is 0.387 e. The molecule has 0 saturated carbocycles. The lowest BCUT2D eigenvalue weighted by molar-refractivity contribution is -0.0497. The number of halogens is 2. The Hall–Kier alpha value is -2.46. The van der Waals surface area contributed by atoms with Gasteiger partial charge in [0.2, 0.25) is 0 Å². The number of aliphatic hydroxyl groups excluding tert-OH is 1. The molecular weight excluding hydrogens is 304 g/mol. The van der Waals surface area contributed by atoms with Gasteiger partial charge >= 0.3 is 6.61 Å². The van der Waals surface area contributed by atoms with Crippen LogP contribution in [-0.2, 0) is 0 Å². The summed E-state index contributed by atoms with van der Waals surface area (Å²) < 4.78 is 29.3. The van der Waals surface area contributed by atoms with E-state index in [-0.39, 0.29) is 5.75 Å². The van der Waals surface area contributed by atoms with E-state index in [1.54, 1.807) is 6.07 Å². The second kappa shape index (κ2) is 6.34. The van der Waals surface area contributed by atoms with E-state index in [1.807, 2.05) is 4.90 Å². The van der Waals surface area contributed by atoms with Crippen molar-refractivity contribution in [3.8, 4) is 11.8 Å². The molecule has 5 nitrogen and oxygen atoms in total. The highest BCUT2D eigenvalue weighted by atomic mass is 19.3. The summed E-state index contributed by atoms with van der Waals surface area (Å²) in [6.07, 6.45) is 2.50. The van der Waals surface area contributed by atoms with Crippen LogP contribution in [0.15, 0.2) is 24.4 Å². The van der Waals surface area contributed by atoms with Crippen LogP contribution in [0.1, 0.15) is 18.4 Å². The highest BCUT2D eigenvalue weighted by Gasteiger charge is 2.23. The molecule has 1 aliphatic rings. The summed E-state index contributed by atoms with van der Waals surface area (Å²) in [5.74, 6) is 0.0168. The van der Waals surface area contributed by atoms with Gasteiger partial charge in [0, 0.05) is 24.7 Å². The summed E-state index contributed by atoms with van der Waals surface area (Å²) in [4.78, 5) is 6.10. The lowest BCUT2D eigenvalue weighted by Gasteiger charge is -2.33. The Balaban J connectivity index is 2.13. The summed E-state index contributed by atoms with van der Waals surface area (Å²) in [5.41, 5.74) is 1.54. The zero-order chi connectivity index (χ0) is 16.4. The average Bonchev–Trinajstić information content (AvgIpc) is 2.53. The van der Waals surface area contributed by atoms with E-state index in [0.29, 0.717) is 41.7 Å². The van der Waals surface area contributed by atoms with Crippen molar-refractivity contribution in [2.75, 3.05) is 18.0 Å². The molecule has 1 aromatic heterocycles. The van der Waals surface area contributed by atoms with Crippen LogP contribution in [0.3, 0.4) is 0 Å². The normalized spacial score (nSPS) is 18.2. The van der Waals surface area contributed by atoms with Gasteiger partial charge in [0.15, 0.2) is 0 Å². The van der Waals surface area contributed by atoms with Crippen molar-refractivity contribution in [1.82, 2.24) is 4.98 Å². The van der Waals surface area contributed by atoms with E-state index in [1.165, 1.54) is 18.3 Å². The molecule has 1 atom stereocenters. The molecular formula is C16H15F2N3O2. The van der Waals surface area contributed by atoms with Gasteiger partial charge in [0.1, 0.15) is 11.8 Å². The largest absolute Gasteiger partial charge is 0.435 e. The number of benzene rings is 1. The van der Waals surface area contributed by atoms with Crippen molar-refractivity contribution in [2.24, 2.45) is 0 Å². The lowest BCUT2D eigenvalue weighted by atomic mass is 10.0. The molecule has 1 aromatic carbocycles. The molecule has 23 heavy (non-hydrogen) atoms. The van der Waals surface area contributed by atoms with Gasteiger partial charge in [-0.05, 0) is 31.0 Å². The van der Waals surface area contributed by atoms with Crippen LogP contribution in [0.2, 0.25) is 0 Å². The number of hydrogen-bond acceptors (Lipinski definition) is 5. The Morgan fingerprint density at radius 1 is 1.43 bits per heavy atom. The number of hydrogen-bond donors (Lipinski definition) is 1. The number of nitriles is 1. The first-order chi connectivity index (χ1) is 11.1. The van der Waals surface area contributed by atoms with E-state index < -0.39 is 12.7 Å². The van der Waals surface area contributed by atoms with Crippen LogP contribution in [0.5, 0.6) is 5.75 Å². The van der Waals surface area contributed by atoms with Gasteiger partial charge in [-0.25, -0.2) is 0 Å². The van der Waals surface area contributed by atoms with E-state index >= 15 is 0 Å². The van der Waals surface area contributed by atoms with Gasteiger partial charge in [-0.3, -0.25) is 4.98 Å². The first-order valence-corrected chi connectivity index (χ1v) is 7.29. The molecule has 1 saturated heterocycles. The van der Waals surface area contributed by atoms with Crippen LogP contribution in [0, 0.1) is 11.3 Å². The molecule has 0 radical (unpaired) electrons. The van der Waals surface area contributed by atoms with Crippen LogP contribution < -0.4 is 9.64 Å². The average molecular weight is 319 g/mol. The van der Waals surface area contributed by atoms with Crippen LogP contribution in [-0.4, -0.2) is 35.9 Å². The number of alkyl halides is 2. The van der Waals surface area contributed by atoms with Crippen LogP contribution in [0.25, 0.3) is 10.9 Å². The molecule has 3 rings (SSSR count). The van der Waals surface area contributed by atoms with Gasteiger partial charge in [0.25, 0.3) is 0 Å². The molecule has 1 fully saturated rings. The minimum absolute atomic E-state index is 0.0168. The molecule has 120 valence electrons. The molecule has 2 aromatic rings. The molecule has 1 aliphatic heterocycles. The molecule has 0 aliphatic carbocycles. The second-order valence-electron chi connectivity index (χ2n) is 5.43. The predicted octanol–water partition coefficient (Wildman–Crippen LogP) is 2.67. The topological polar surface area (TPSA) is 69.4 Å². The fraction of sp³-hybridized carbons (Fsp3) is 0.375. The Morgan fingerprint density at radius 2 is 2.26 bits per heavy atom. The molecule has 7 heteroatoms. The Labute approximate surface area is 131 Å². The van der Waals surface area contributed by atoms with Crippen molar-refractivity contribution >= 4 is 16.6 Å². The molecule has 0 spiro atoms. The Bertz CT molecular complexity index is 761. The number of ether oxygens (including phenoxy) is 1. The Morgan fingerprint density at radius 3 is 2.96 bits per heavy atom. The monoisotopic (exact) mass is 319 g/mol. The third-order valence-corrected chi connectivity index (χ3v) is 3.87. The minimum atomic E-state index is -2.92. The van der Waals surface area contributed by atoms with E-state index in [4.69, 9.17) is 0 Å². The van der Waals surface area contributed by atoms with Gasteiger partial charge < -0.3 is 14.7 Å². The fourth-order valence-corrected chi connectivity index (χ4v) is 2.91. The van der Waals surface area contributed by atoms with Crippen LogP contribution in [0.4, 0.5) is 14.5 Å². The zero-order valence-electron chi connectivity index (χ0n) is 12.2. The maximum Gasteiger partial charge on any atom is 0.387 e. The summed E-state index contributed by atoms with van der Waals surface area (Å²) >= 11 is 0. The fourth-order valence-electron chi connectivity index (χ4n) is 2.91. The van der Waals surface area contributed by atoms with Crippen molar-refractivity contribution < 1.29 is 18.6 Å². The maximum atomic E-state index is 12.4. The van der Waals surface area contributed by atoms with Crippen molar-refractivity contribution in [3.63, 3.8) is 0 Å². The number of aliphatic hydroxyl groups is 1. The lowest BCUT2D eigenvalue weighted by Crippen LogP contribution is -2.38. The van der Waals surface area contributed by atoms with Crippen molar-refractivity contribution in [3.05, 3.63) is 30.0 Å². The molecule has 1 N–H and O–H groups in total. The predicted molar refractivity (Wildman–Crippen MR) is 80.5 cm³/mol. The van der Waals surface area contributed by atoms with Gasteiger partial charge in [-0.2, -0.15) is 14.0 Å². The number of piperidine rings is 1. The Kier molecular flexibility index (Phi) is 4.26. The third kappa shape index (κ3) is 3.17. The number of nitrogens with zero attached hydrogens (tertiary/aromatic N) is 3. The molecule has 2 heterocycles. The van der Waals surface area contributed by atoms with Crippen molar-refractivity contribution in [2.45, 2.75) is 25.6 Å². The van der Waals surface area contributed by atoms with E-state index in [0.717, 1.165) is 6.42 Å². The van der Waals surface area contributed by atoms with Crippen molar-refractivity contribution in [1.29, 1.82) is 5.26 Å². The highest BCUT2D eigenvalue weighted by molar-refractivity contribution is 5.95. The molecule has 0 unspecified atom stereocenters. The van der Waals surface area contributed by atoms with Crippen LogP contribution >= 0.6 is 0 Å². The SMILES string of the molecule is N#Cc1cnc2ccc(OC(F)F)cc2c1N1CCC[C@H](O)C1. The van der Waals surface area contributed by atoms with Gasteiger partial charge in [-0.1, -0.05) is 0 Å². The van der Waals surface area contributed by atoms with Gasteiger partial charge in [-0.15, -0.1) is 0 Å². The zero-order valence-corrected chi connectivity index (χ0v) is 12.2. The quantitative estimate of drug-likeness (QED) is 0.942. The number of anilines is 1. The standard InChI is InChI=1S/C16H15F2N3O2/c17-16(18)23-12-3-4-14-13(6-12)15(10(7-19)8-20-14)21-5-1-2-11(22)9-21/h3-4,6,8,11,16,22H,1-2,5,9H2/t11-/m0/s1. The molecule has 0 bridgehead atoms. The number of pyridine rings is 1. The molecule has 0 amide bonds. The minimum Gasteiger partial charge on any atom is -0.435 e.